The van der Waals surface area contributed by atoms with Gasteiger partial charge in [0.25, 0.3) is 0 Å². The van der Waals surface area contributed by atoms with E-state index in [1.54, 1.807) is 53.4 Å². The third-order valence-corrected chi connectivity index (χ3v) is 7.99. The van der Waals surface area contributed by atoms with Crippen molar-refractivity contribution in [3.05, 3.63) is 113 Å². The standard InChI is InChI=1S/C29H20ClNO3S2/c30-21-11-13-22(14-12-21)35-17-16-25(31-34-29(33)19-6-2-1-3-7-19)28(32)20-10-15-27-24(18-20)23-8-4-5-9-26(23)36-27/h1-15,18H,16-17H2/b31-25+. The van der Waals surface area contributed by atoms with Crippen LogP contribution in [0.2, 0.25) is 5.02 Å². The van der Waals surface area contributed by atoms with Gasteiger partial charge in [-0.15, -0.1) is 23.1 Å². The molecule has 0 saturated heterocycles. The molecule has 0 amide bonds. The lowest BCUT2D eigenvalue weighted by Crippen LogP contribution is -2.17. The summed E-state index contributed by atoms with van der Waals surface area (Å²) in [7, 11) is 0. The van der Waals surface area contributed by atoms with E-state index in [0.717, 1.165) is 20.4 Å². The number of Topliss-reactive ketones (excluding diaryl/α,β-unsaturated/α-hetero) is 1. The summed E-state index contributed by atoms with van der Waals surface area (Å²) in [6.07, 6.45) is 0.330. The molecule has 36 heavy (non-hydrogen) atoms. The summed E-state index contributed by atoms with van der Waals surface area (Å²) in [5, 5.41) is 6.84. The lowest BCUT2D eigenvalue weighted by Gasteiger charge is -2.07. The van der Waals surface area contributed by atoms with Crippen molar-refractivity contribution in [2.24, 2.45) is 5.16 Å². The smallest absolute Gasteiger partial charge is 0.312 e. The molecule has 0 saturated carbocycles. The molecule has 0 radical (unpaired) electrons. The fourth-order valence-electron chi connectivity index (χ4n) is 3.75. The Balaban J connectivity index is 1.41. The molecule has 1 aromatic heterocycles. The number of oxime groups is 1. The van der Waals surface area contributed by atoms with E-state index in [1.807, 2.05) is 54.6 Å². The van der Waals surface area contributed by atoms with Gasteiger partial charge in [0.15, 0.2) is 0 Å². The molecule has 4 aromatic carbocycles. The van der Waals surface area contributed by atoms with Gasteiger partial charge in [0.2, 0.25) is 5.78 Å². The van der Waals surface area contributed by atoms with Crippen molar-refractivity contribution in [2.45, 2.75) is 11.3 Å². The predicted octanol–water partition coefficient (Wildman–Crippen LogP) is 8.29. The van der Waals surface area contributed by atoms with Gasteiger partial charge in [-0.05, 0) is 60.7 Å². The van der Waals surface area contributed by atoms with Crippen LogP contribution in [0.5, 0.6) is 0 Å². The minimum absolute atomic E-state index is 0.194. The van der Waals surface area contributed by atoms with Crippen LogP contribution in [0.25, 0.3) is 20.2 Å². The molecular weight excluding hydrogens is 510 g/mol. The van der Waals surface area contributed by atoms with Gasteiger partial charge in [-0.3, -0.25) is 4.79 Å². The molecule has 4 nitrogen and oxygen atoms in total. The van der Waals surface area contributed by atoms with Crippen molar-refractivity contribution >= 4 is 72.3 Å². The summed E-state index contributed by atoms with van der Waals surface area (Å²) >= 11 is 9.24. The van der Waals surface area contributed by atoms with Crippen molar-refractivity contribution in [2.75, 3.05) is 5.75 Å². The highest BCUT2D eigenvalue weighted by molar-refractivity contribution is 7.99. The first kappa shape index (κ1) is 24.3. The minimum atomic E-state index is -0.606. The van der Waals surface area contributed by atoms with E-state index in [2.05, 4.69) is 17.3 Å². The first-order valence-electron chi connectivity index (χ1n) is 11.3. The van der Waals surface area contributed by atoms with Gasteiger partial charge < -0.3 is 4.84 Å². The molecule has 0 N–H and O–H groups in total. The highest BCUT2D eigenvalue weighted by Gasteiger charge is 2.18. The zero-order valence-corrected chi connectivity index (χ0v) is 21.4. The molecule has 1 heterocycles. The maximum Gasteiger partial charge on any atom is 0.365 e. The van der Waals surface area contributed by atoms with Crippen LogP contribution in [0.4, 0.5) is 0 Å². The maximum absolute atomic E-state index is 13.5. The lowest BCUT2D eigenvalue weighted by molar-refractivity contribution is 0.0515. The number of ketones is 1. The van der Waals surface area contributed by atoms with Crippen molar-refractivity contribution in [1.82, 2.24) is 0 Å². The minimum Gasteiger partial charge on any atom is -0.312 e. The van der Waals surface area contributed by atoms with Gasteiger partial charge in [0.05, 0.1) is 5.56 Å². The molecule has 0 aliphatic rings. The van der Waals surface area contributed by atoms with Gasteiger partial charge in [-0.1, -0.05) is 53.2 Å². The van der Waals surface area contributed by atoms with Crippen LogP contribution in [0.3, 0.4) is 0 Å². The Hall–Kier alpha value is -3.45. The number of rotatable bonds is 8. The fourth-order valence-corrected chi connectivity index (χ4v) is 5.83. The topological polar surface area (TPSA) is 55.7 Å². The molecule has 5 rings (SSSR count). The van der Waals surface area contributed by atoms with E-state index >= 15 is 0 Å². The lowest BCUT2D eigenvalue weighted by atomic mass is 10.0. The molecule has 0 aliphatic carbocycles. The van der Waals surface area contributed by atoms with E-state index < -0.39 is 5.97 Å². The number of thiophene rings is 1. The van der Waals surface area contributed by atoms with Crippen molar-refractivity contribution in [1.29, 1.82) is 0 Å². The Bertz CT molecular complexity index is 1580. The SMILES string of the molecule is O=C(O/N=C(\CCSc1ccc(Cl)cc1)C(=O)c1ccc2sc3ccccc3c2c1)c1ccccc1. The largest absolute Gasteiger partial charge is 0.365 e. The number of carbonyl (C=O) groups is 2. The highest BCUT2D eigenvalue weighted by Crippen LogP contribution is 2.34. The first-order chi connectivity index (χ1) is 17.6. The third kappa shape index (κ3) is 5.51. The quantitative estimate of drug-likeness (QED) is 0.0667. The average molecular weight is 530 g/mol. The molecule has 0 atom stereocenters. The molecule has 0 fully saturated rings. The normalized spacial score (nSPS) is 11.6. The Labute approximate surface area is 221 Å². The fraction of sp³-hybridized carbons (Fsp3) is 0.0690. The van der Waals surface area contributed by atoms with Gasteiger partial charge in [-0.25, -0.2) is 4.79 Å². The van der Waals surface area contributed by atoms with E-state index in [4.69, 9.17) is 16.4 Å². The zero-order chi connectivity index (χ0) is 24.9. The number of thioether (sulfide) groups is 1. The number of hydrogen-bond donors (Lipinski definition) is 0. The van der Waals surface area contributed by atoms with Crippen LogP contribution in [0.1, 0.15) is 27.1 Å². The summed E-state index contributed by atoms with van der Waals surface area (Å²) in [4.78, 5) is 32.2. The van der Waals surface area contributed by atoms with Crippen LogP contribution in [-0.2, 0) is 4.84 Å². The summed E-state index contributed by atoms with van der Waals surface area (Å²) in [5.74, 6) is -0.283. The second-order valence-electron chi connectivity index (χ2n) is 7.97. The van der Waals surface area contributed by atoms with Crippen molar-refractivity contribution in [3.8, 4) is 0 Å². The maximum atomic E-state index is 13.5. The van der Waals surface area contributed by atoms with Crippen LogP contribution < -0.4 is 0 Å². The van der Waals surface area contributed by atoms with Crippen LogP contribution >= 0.6 is 34.7 Å². The first-order valence-corrected chi connectivity index (χ1v) is 13.4. The van der Waals surface area contributed by atoms with Gasteiger partial charge >= 0.3 is 5.97 Å². The average Bonchev–Trinajstić information content (AvgIpc) is 3.29. The molecule has 0 bridgehead atoms. The van der Waals surface area contributed by atoms with Crippen LogP contribution in [0.15, 0.2) is 107 Å². The van der Waals surface area contributed by atoms with E-state index in [-0.39, 0.29) is 11.5 Å². The highest BCUT2D eigenvalue weighted by atomic mass is 35.5. The molecule has 7 heteroatoms. The second kappa shape index (κ2) is 11.1. The predicted molar refractivity (Wildman–Crippen MR) is 150 cm³/mol. The summed E-state index contributed by atoms with van der Waals surface area (Å²) < 4.78 is 2.28. The molecule has 178 valence electrons. The van der Waals surface area contributed by atoms with Crippen LogP contribution in [-0.4, -0.2) is 23.2 Å². The Morgan fingerprint density at radius 3 is 2.33 bits per heavy atom. The molecule has 5 aromatic rings. The number of hydrogen-bond acceptors (Lipinski definition) is 6. The van der Waals surface area contributed by atoms with Crippen molar-refractivity contribution < 1.29 is 14.4 Å². The third-order valence-electron chi connectivity index (χ3n) is 5.57. The molecule has 0 unspecified atom stereocenters. The summed E-state index contributed by atoms with van der Waals surface area (Å²) in [6.45, 7) is 0. The van der Waals surface area contributed by atoms with Gasteiger partial charge in [0, 0.05) is 47.8 Å². The van der Waals surface area contributed by atoms with E-state index in [0.29, 0.717) is 28.3 Å². The van der Waals surface area contributed by atoms with Gasteiger partial charge in [-0.2, -0.15) is 0 Å². The summed E-state index contributed by atoms with van der Waals surface area (Å²) in [6, 6.07) is 29.9. The monoisotopic (exact) mass is 529 g/mol. The number of halogens is 1. The van der Waals surface area contributed by atoms with E-state index in [9.17, 15) is 9.59 Å². The number of fused-ring (bicyclic) bond motifs is 3. The number of nitrogens with zero attached hydrogens (tertiary/aromatic N) is 1. The molecule has 0 aliphatic heterocycles. The Morgan fingerprint density at radius 1 is 0.806 bits per heavy atom. The molecular formula is C29H20ClNO3S2. The van der Waals surface area contributed by atoms with Crippen molar-refractivity contribution in [3.63, 3.8) is 0 Å². The summed E-state index contributed by atoms with van der Waals surface area (Å²) in [5.41, 5.74) is 1.08. The Morgan fingerprint density at radius 2 is 1.53 bits per heavy atom. The number of benzene rings is 4. The van der Waals surface area contributed by atoms with E-state index in [1.165, 1.54) is 4.70 Å². The zero-order valence-electron chi connectivity index (χ0n) is 19.0. The molecule has 0 spiro atoms. The van der Waals surface area contributed by atoms with Gasteiger partial charge in [0.1, 0.15) is 5.71 Å². The Kier molecular flexibility index (Phi) is 7.47. The number of carbonyl (C=O) groups excluding carboxylic acids is 2. The second-order valence-corrected chi connectivity index (χ2v) is 10.7. The van der Waals surface area contributed by atoms with Crippen LogP contribution in [0, 0.1) is 0 Å².